The summed E-state index contributed by atoms with van der Waals surface area (Å²) in [7, 11) is -3.08. The van der Waals surface area contributed by atoms with Crippen LogP contribution in [0.4, 0.5) is 0 Å². The third kappa shape index (κ3) is 4.18. The predicted octanol–water partition coefficient (Wildman–Crippen LogP) is 2.50. The van der Waals surface area contributed by atoms with Gasteiger partial charge in [0, 0.05) is 12.1 Å². The molecule has 2 rings (SSSR count). The van der Waals surface area contributed by atoms with E-state index in [1.165, 1.54) is 38.5 Å². The van der Waals surface area contributed by atoms with E-state index < -0.39 is 10.0 Å². The molecule has 1 aliphatic heterocycles. The summed E-state index contributed by atoms with van der Waals surface area (Å²) in [6.45, 7) is 4.83. The van der Waals surface area contributed by atoms with Crippen LogP contribution in [0.3, 0.4) is 0 Å². The predicted molar refractivity (Wildman–Crippen MR) is 83.3 cm³/mol. The van der Waals surface area contributed by atoms with Crippen LogP contribution in [0.2, 0.25) is 0 Å². The fourth-order valence-corrected chi connectivity index (χ4v) is 4.94. The second-order valence-electron chi connectivity index (χ2n) is 6.47. The molecule has 0 aromatic carbocycles. The highest BCUT2D eigenvalue weighted by Crippen LogP contribution is 2.35. The maximum atomic E-state index is 12.0. The molecule has 0 aromatic rings. The van der Waals surface area contributed by atoms with Crippen LogP contribution in [0.25, 0.3) is 0 Å². The molecule has 0 spiro atoms. The molecule has 0 amide bonds. The Morgan fingerprint density at radius 1 is 1.00 bits per heavy atom. The number of sulfonamides is 1. The molecular weight excluding hydrogens is 272 g/mol. The van der Waals surface area contributed by atoms with Crippen molar-refractivity contribution in [1.29, 1.82) is 0 Å². The van der Waals surface area contributed by atoms with Crippen molar-refractivity contribution < 1.29 is 8.42 Å². The average Bonchev–Trinajstić information content (AvgIpc) is 2.47. The monoisotopic (exact) mass is 302 g/mol. The second kappa shape index (κ2) is 7.23. The van der Waals surface area contributed by atoms with Gasteiger partial charge in [-0.1, -0.05) is 32.6 Å². The van der Waals surface area contributed by atoms with Crippen molar-refractivity contribution in [2.45, 2.75) is 70.3 Å². The van der Waals surface area contributed by atoms with E-state index in [4.69, 9.17) is 0 Å². The van der Waals surface area contributed by atoms with Gasteiger partial charge in [-0.25, -0.2) is 13.1 Å². The van der Waals surface area contributed by atoms with Gasteiger partial charge in [0.2, 0.25) is 10.0 Å². The molecule has 4 nitrogen and oxygen atoms in total. The first-order valence-electron chi connectivity index (χ1n) is 8.30. The highest BCUT2D eigenvalue weighted by molar-refractivity contribution is 7.89. The summed E-state index contributed by atoms with van der Waals surface area (Å²) in [5, 5.41) is 0. The highest BCUT2D eigenvalue weighted by Gasteiger charge is 2.38. The Labute approximate surface area is 124 Å². The van der Waals surface area contributed by atoms with E-state index in [2.05, 4.69) is 9.62 Å². The smallest absolute Gasteiger partial charge is 0.211 e. The quantitative estimate of drug-likeness (QED) is 0.820. The summed E-state index contributed by atoms with van der Waals surface area (Å²) in [5.41, 5.74) is 0.0967. The molecule has 1 saturated carbocycles. The third-order valence-corrected chi connectivity index (χ3v) is 6.44. The van der Waals surface area contributed by atoms with E-state index >= 15 is 0 Å². The summed E-state index contributed by atoms with van der Waals surface area (Å²) in [6, 6.07) is 0. The minimum absolute atomic E-state index is 0.0967. The lowest BCUT2D eigenvalue weighted by Crippen LogP contribution is -2.58. The van der Waals surface area contributed by atoms with Crippen molar-refractivity contribution in [2.24, 2.45) is 0 Å². The lowest BCUT2D eigenvalue weighted by molar-refractivity contribution is 0.0376. The van der Waals surface area contributed by atoms with Gasteiger partial charge in [-0.05, 0) is 45.2 Å². The van der Waals surface area contributed by atoms with Gasteiger partial charge in [0.25, 0.3) is 0 Å². The SMILES string of the molecule is CCCS(=O)(=O)NCC1(N2CCCCC2)CCCCC1. The van der Waals surface area contributed by atoms with Gasteiger partial charge >= 0.3 is 0 Å². The minimum atomic E-state index is -3.08. The van der Waals surface area contributed by atoms with Crippen molar-refractivity contribution in [3.63, 3.8) is 0 Å². The van der Waals surface area contributed by atoms with Crippen LogP contribution >= 0.6 is 0 Å². The van der Waals surface area contributed by atoms with Crippen LogP contribution < -0.4 is 4.72 Å². The number of hydrogen-bond donors (Lipinski definition) is 1. The summed E-state index contributed by atoms with van der Waals surface area (Å²) < 4.78 is 26.8. The van der Waals surface area contributed by atoms with Crippen molar-refractivity contribution in [3.8, 4) is 0 Å². The number of nitrogens with zero attached hydrogens (tertiary/aromatic N) is 1. The lowest BCUT2D eigenvalue weighted by atomic mass is 9.79. The molecule has 0 aromatic heterocycles. The fraction of sp³-hybridized carbons (Fsp3) is 1.00. The zero-order valence-corrected chi connectivity index (χ0v) is 13.7. The summed E-state index contributed by atoms with van der Waals surface area (Å²) in [6.07, 6.45) is 10.6. The van der Waals surface area contributed by atoms with E-state index in [1.807, 2.05) is 6.92 Å². The van der Waals surface area contributed by atoms with Crippen LogP contribution in [-0.4, -0.2) is 44.2 Å². The van der Waals surface area contributed by atoms with Crippen molar-refractivity contribution >= 4 is 10.0 Å². The van der Waals surface area contributed by atoms with E-state index in [1.54, 1.807) is 0 Å². The largest absolute Gasteiger partial charge is 0.296 e. The highest BCUT2D eigenvalue weighted by atomic mass is 32.2. The number of nitrogens with one attached hydrogen (secondary N) is 1. The maximum absolute atomic E-state index is 12.0. The van der Waals surface area contributed by atoms with Gasteiger partial charge in [-0.2, -0.15) is 0 Å². The molecule has 2 aliphatic rings. The van der Waals surface area contributed by atoms with E-state index in [0.29, 0.717) is 13.0 Å². The summed E-state index contributed by atoms with van der Waals surface area (Å²) >= 11 is 0. The Hall–Kier alpha value is -0.130. The molecule has 2 fully saturated rings. The minimum Gasteiger partial charge on any atom is -0.296 e. The summed E-state index contributed by atoms with van der Waals surface area (Å²) in [5.74, 6) is 0.253. The standard InChI is InChI=1S/C15H30N2O2S/c1-2-13-20(18,19)16-14-15(9-5-3-6-10-15)17-11-7-4-8-12-17/h16H,2-14H2,1H3. The van der Waals surface area contributed by atoms with E-state index in [-0.39, 0.29) is 11.3 Å². The molecule has 1 saturated heterocycles. The fourth-order valence-electron chi connectivity index (χ4n) is 3.77. The van der Waals surface area contributed by atoms with Crippen molar-refractivity contribution in [1.82, 2.24) is 9.62 Å². The Kier molecular flexibility index (Phi) is 5.87. The Morgan fingerprint density at radius 2 is 1.60 bits per heavy atom. The summed E-state index contributed by atoms with van der Waals surface area (Å²) in [4.78, 5) is 2.59. The van der Waals surface area contributed by atoms with Crippen LogP contribution in [0.1, 0.15) is 64.7 Å². The van der Waals surface area contributed by atoms with Gasteiger partial charge in [0.15, 0.2) is 0 Å². The lowest BCUT2D eigenvalue weighted by Gasteiger charge is -2.48. The Balaban J connectivity index is 2.02. The van der Waals surface area contributed by atoms with Gasteiger partial charge in [-0.15, -0.1) is 0 Å². The van der Waals surface area contributed by atoms with Crippen molar-refractivity contribution in [2.75, 3.05) is 25.4 Å². The molecule has 20 heavy (non-hydrogen) atoms. The molecule has 5 heteroatoms. The molecule has 0 unspecified atom stereocenters. The van der Waals surface area contributed by atoms with Crippen LogP contribution in [0.5, 0.6) is 0 Å². The number of hydrogen-bond acceptors (Lipinski definition) is 3. The first kappa shape index (κ1) is 16.2. The maximum Gasteiger partial charge on any atom is 0.211 e. The molecule has 1 aliphatic carbocycles. The normalized spacial score (nSPS) is 24.6. The second-order valence-corrected chi connectivity index (χ2v) is 8.40. The topological polar surface area (TPSA) is 49.4 Å². The molecular formula is C15H30N2O2S. The van der Waals surface area contributed by atoms with Gasteiger partial charge in [0.05, 0.1) is 5.75 Å². The number of rotatable bonds is 6. The van der Waals surface area contributed by atoms with E-state index in [9.17, 15) is 8.42 Å². The zero-order chi connectivity index (χ0) is 14.5. The van der Waals surface area contributed by atoms with E-state index in [0.717, 1.165) is 25.9 Å². The number of likely N-dealkylation sites (tertiary alicyclic amines) is 1. The molecule has 1 heterocycles. The first-order chi connectivity index (χ1) is 9.58. The molecule has 118 valence electrons. The molecule has 1 N–H and O–H groups in total. The van der Waals surface area contributed by atoms with Crippen LogP contribution in [0, 0.1) is 0 Å². The van der Waals surface area contributed by atoms with Crippen molar-refractivity contribution in [3.05, 3.63) is 0 Å². The van der Waals surface area contributed by atoms with Gasteiger partial charge in [-0.3, -0.25) is 4.90 Å². The van der Waals surface area contributed by atoms with Gasteiger partial charge < -0.3 is 0 Å². The number of piperidine rings is 1. The zero-order valence-electron chi connectivity index (χ0n) is 12.9. The van der Waals surface area contributed by atoms with Gasteiger partial charge in [0.1, 0.15) is 0 Å². The Bertz CT molecular complexity index is 383. The Morgan fingerprint density at radius 3 is 2.20 bits per heavy atom. The molecule has 0 bridgehead atoms. The van der Waals surface area contributed by atoms with Crippen LogP contribution in [-0.2, 0) is 10.0 Å². The first-order valence-corrected chi connectivity index (χ1v) is 9.96. The molecule has 0 atom stereocenters. The molecule has 0 radical (unpaired) electrons. The average molecular weight is 302 g/mol. The van der Waals surface area contributed by atoms with Crippen LogP contribution in [0.15, 0.2) is 0 Å². The third-order valence-electron chi connectivity index (χ3n) is 4.91.